The number of hydrogen-bond donors (Lipinski definition) is 3. The van der Waals surface area contributed by atoms with Crippen LogP contribution in [0.25, 0.3) is 0 Å². The first-order chi connectivity index (χ1) is 13.8. The summed E-state index contributed by atoms with van der Waals surface area (Å²) >= 11 is 0. The Hall–Kier alpha value is -3.63. The van der Waals surface area contributed by atoms with Gasteiger partial charge in [-0.2, -0.15) is 18.4 Å². The first-order valence-electron chi connectivity index (χ1n) is 8.35. The number of amides is 1. The average Bonchev–Trinajstić information content (AvgIpc) is 3.21. The van der Waals surface area contributed by atoms with E-state index in [2.05, 4.69) is 25.9 Å². The van der Waals surface area contributed by atoms with E-state index in [-0.39, 0.29) is 29.4 Å². The quantitative estimate of drug-likeness (QED) is 0.579. The Morgan fingerprint density at radius 2 is 2.07 bits per heavy atom. The summed E-state index contributed by atoms with van der Waals surface area (Å²) in [5.74, 6) is -1.34. The number of carbonyl (C=O) groups excluding carboxylic acids is 1. The van der Waals surface area contributed by atoms with Crippen LogP contribution in [0.3, 0.4) is 0 Å². The maximum absolute atomic E-state index is 12.9. The van der Waals surface area contributed by atoms with Gasteiger partial charge in [0.25, 0.3) is 0 Å². The van der Waals surface area contributed by atoms with E-state index in [0.29, 0.717) is 5.56 Å². The summed E-state index contributed by atoms with van der Waals surface area (Å²) in [5, 5.41) is 25.5. The molecule has 0 saturated heterocycles. The third kappa shape index (κ3) is 4.81. The smallest absolute Gasteiger partial charge is 0.416 e. The summed E-state index contributed by atoms with van der Waals surface area (Å²) < 4.78 is 43.8. The molecule has 2 aromatic carbocycles. The van der Waals surface area contributed by atoms with Crippen molar-refractivity contribution in [3.05, 3.63) is 59.4 Å². The zero-order chi connectivity index (χ0) is 21.0. The second-order valence-electron chi connectivity index (χ2n) is 6.10. The van der Waals surface area contributed by atoms with Crippen molar-refractivity contribution in [1.29, 1.82) is 0 Å². The Bertz CT molecular complexity index is 993. The van der Waals surface area contributed by atoms with E-state index in [0.717, 1.165) is 12.1 Å². The lowest BCUT2D eigenvalue weighted by Crippen LogP contribution is -2.24. The van der Waals surface area contributed by atoms with Crippen LogP contribution in [0.1, 0.15) is 22.9 Å². The standard InChI is InChI=1S/C18H16F3N5O3/c1-29-15-8-10(5-6-14(15)27)7-13(16-23-25-26-24-16)17(28)22-12-4-2-3-11(9-12)18(19,20)21/h2-6,8-9,13,27H,7H2,1H3,(H,22,28)(H,23,24,25,26). The fourth-order valence-electron chi connectivity index (χ4n) is 2.71. The second-order valence-corrected chi connectivity index (χ2v) is 6.10. The molecule has 1 heterocycles. The number of aromatic nitrogens is 4. The van der Waals surface area contributed by atoms with E-state index in [9.17, 15) is 23.1 Å². The zero-order valence-corrected chi connectivity index (χ0v) is 15.1. The molecule has 1 atom stereocenters. The number of H-pyrrole nitrogens is 1. The Balaban J connectivity index is 1.85. The lowest BCUT2D eigenvalue weighted by molar-refractivity contribution is -0.137. The third-order valence-corrected chi connectivity index (χ3v) is 4.13. The predicted octanol–water partition coefficient (Wildman–Crippen LogP) is 2.90. The number of rotatable bonds is 6. The first kappa shape index (κ1) is 20.1. The van der Waals surface area contributed by atoms with Gasteiger partial charge in [-0.05, 0) is 42.3 Å². The van der Waals surface area contributed by atoms with Gasteiger partial charge in [-0.25, -0.2) is 0 Å². The molecule has 0 radical (unpaired) electrons. The highest BCUT2D eigenvalue weighted by atomic mass is 19.4. The normalized spacial score (nSPS) is 12.4. The SMILES string of the molecule is COc1cc(CC(C(=O)Nc2cccc(C(F)(F)F)c2)c2nn[nH]n2)ccc1O. The molecule has 1 aromatic heterocycles. The maximum atomic E-state index is 12.9. The van der Waals surface area contributed by atoms with Crippen molar-refractivity contribution in [2.45, 2.75) is 18.5 Å². The molecule has 0 aliphatic rings. The third-order valence-electron chi connectivity index (χ3n) is 4.13. The van der Waals surface area contributed by atoms with Gasteiger partial charge in [-0.15, -0.1) is 10.2 Å². The van der Waals surface area contributed by atoms with Gasteiger partial charge in [0.15, 0.2) is 17.3 Å². The van der Waals surface area contributed by atoms with E-state index >= 15 is 0 Å². The number of alkyl halides is 3. The second kappa shape index (κ2) is 8.17. The number of aromatic hydroxyl groups is 1. The van der Waals surface area contributed by atoms with Crippen LogP contribution < -0.4 is 10.1 Å². The topological polar surface area (TPSA) is 113 Å². The van der Waals surface area contributed by atoms with Crippen molar-refractivity contribution in [3.63, 3.8) is 0 Å². The van der Waals surface area contributed by atoms with Crippen LogP contribution in [0.15, 0.2) is 42.5 Å². The van der Waals surface area contributed by atoms with Gasteiger partial charge in [-0.3, -0.25) is 4.79 Å². The number of phenols is 1. The molecule has 152 valence electrons. The average molecular weight is 407 g/mol. The maximum Gasteiger partial charge on any atom is 0.416 e. The van der Waals surface area contributed by atoms with Crippen LogP contribution in [0.5, 0.6) is 11.5 Å². The molecule has 1 amide bonds. The molecule has 0 saturated carbocycles. The summed E-state index contributed by atoms with van der Waals surface area (Å²) in [5.41, 5.74) is -0.273. The van der Waals surface area contributed by atoms with Crippen LogP contribution in [0.4, 0.5) is 18.9 Å². The number of nitrogens with one attached hydrogen (secondary N) is 2. The minimum atomic E-state index is -4.53. The van der Waals surface area contributed by atoms with Gasteiger partial charge in [-0.1, -0.05) is 17.3 Å². The Morgan fingerprint density at radius 3 is 2.72 bits per heavy atom. The molecule has 3 N–H and O–H groups in total. The number of hydrogen-bond acceptors (Lipinski definition) is 6. The number of aromatic amines is 1. The van der Waals surface area contributed by atoms with Crippen LogP contribution >= 0.6 is 0 Å². The van der Waals surface area contributed by atoms with E-state index < -0.39 is 23.6 Å². The molecule has 0 aliphatic carbocycles. The number of phenolic OH excluding ortho intramolecular Hbond substituents is 1. The number of ether oxygens (including phenoxy) is 1. The summed E-state index contributed by atoms with van der Waals surface area (Å²) in [4.78, 5) is 12.8. The summed E-state index contributed by atoms with van der Waals surface area (Å²) in [6, 6.07) is 8.84. The zero-order valence-electron chi connectivity index (χ0n) is 15.1. The molecular weight excluding hydrogens is 391 g/mol. The van der Waals surface area contributed by atoms with Crippen LogP contribution in [0.2, 0.25) is 0 Å². The minimum absolute atomic E-state index is 0.0124. The summed E-state index contributed by atoms with van der Waals surface area (Å²) in [6.45, 7) is 0. The molecule has 3 aromatic rings. The molecule has 11 heteroatoms. The van der Waals surface area contributed by atoms with Crippen molar-refractivity contribution in [2.75, 3.05) is 12.4 Å². The molecular formula is C18H16F3N5O3. The molecule has 0 aliphatic heterocycles. The summed E-state index contributed by atoms with van der Waals surface area (Å²) in [7, 11) is 1.38. The number of nitrogens with zero attached hydrogens (tertiary/aromatic N) is 3. The van der Waals surface area contributed by atoms with Crippen molar-refractivity contribution in [1.82, 2.24) is 20.6 Å². The van der Waals surface area contributed by atoms with Crippen molar-refractivity contribution >= 4 is 11.6 Å². The number of methoxy groups -OCH3 is 1. The van der Waals surface area contributed by atoms with Gasteiger partial charge in [0.2, 0.25) is 5.91 Å². The Kier molecular flexibility index (Phi) is 5.66. The van der Waals surface area contributed by atoms with E-state index in [4.69, 9.17) is 4.74 Å². The highest BCUT2D eigenvalue weighted by Crippen LogP contribution is 2.32. The van der Waals surface area contributed by atoms with Crippen LogP contribution in [-0.4, -0.2) is 38.7 Å². The highest BCUT2D eigenvalue weighted by Gasteiger charge is 2.31. The van der Waals surface area contributed by atoms with Gasteiger partial charge >= 0.3 is 6.18 Å². The van der Waals surface area contributed by atoms with Crippen molar-refractivity contribution < 1.29 is 27.8 Å². The number of anilines is 1. The number of carbonyl (C=O) groups is 1. The van der Waals surface area contributed by atoms with Crippen molar-refractivity contribution in [3.8, 4) is 11.5 Å². The lowest BCUT2D eigenvalue weighted by atomic mass is 9.97. The predicted molar refractivity (Wildman–Crippen MR) is 95.4 cm³/mol. The van der Waals surface area contributed by atoms with E-state index in [1.165, 1.54) is 25.3 Å². The van der Waals surface area contributed by atoms with Crippen LogP contribution in [0, 0.1) is 0 Å². The molecule has 0 spiro atoms. The molecule has 8 nitrogen and oxygen atoms in total. The number of tetrazole rings is 1. The Morgan fingerprint density at radius 1 is 1.28 bits per heavy atom. The molecule has 1 unspecified atom stereocenters. The minimum Gasteiger partial charge on any atom is -0.504 e. The molecule has 3 rings (SSSR count). The lowest BCUT2D eigenvalue weighted by Gasteiger charge is -2.15. The van der Waals surface area contributed by atoms with Gasteiger partial charge in [0, 0.05) is 5.69 Å². The van der Waals surface area contributed by atoms with E-state index in [1.54, 1.807) is 12.1 Å². The highest BCUT2D eigenvalue weighted by molar-refractivity contribution is 5.95. The van der Waals surface area contributed by atoms with E-state index in [1.807, 2.05) is 0 Å². The van der Waals surface area contributed by atoms with Gasteiger partial charge in [0.1, 0.15) is 5.92 Å². The number of halogens is 3. The van der Waals surface area contributed by atoms with Crippen molar-refractivity contribution in [2.24, 2.45) is 0 Å². The monoisotopic (exact) mass is 407 g/mol. The molecule has 29 heavy (non-hydrogen) atoms. The largest absolute Gasteiger partial charge is 0.504 e. The molecule has 0 fully saturated rings. The first-order valence-corrected chi connectivity index (χ1v) is 8.35. The fourth-order valence-corrected chi connectivity index (χ4v) is 2.71. The number of benzene rings is 2. The fraction of sp³-hybridized carbons (Fsp3) is 0.222. The van der Waals surface area contributed by atoms with Crippen LogP contribution in [-0.2, 0) is 17.4 Å². The summed E-state index contributed by atoms with van der Waals surface area (Å²) in [6.07, 6.45) is -4.43. The van der Waals surface area contributed by atoms with Gasteiger partial charge in [0.05, 0.1) is 12.7 Å². The Labute approximate surface area is 162 Å². The molecule has 0 bridgehead atoms. The van der Waals surface area contributed by atoms with Gasteiger partial charge < -0.3 is 15.2 Å².